The Kier molecular flexibility index (Phi) is 4.48. The first kappa shape index (κ1) is 14.4. The van der Waals surface area contributed by atoms with Crippen LogP contribution in [0.3, 0.4) is 0 Å². The fraction of sp³-hybridized carbons (Fsp3) is 0.333. The largest absolute Gasteiger partial charge is 0.373 e. The van der Waals surface area contributed by atoms with Gasteiger partial charge in [-0.1, -0.05) is 13.0 Å². The van der Waals surface area contributed by atoms with Crippen LogP contribution in [0.1, 0.15) is 19.2 Å². The second-order valence-corrected chi connectivity index (χ2v) is 6.40. The molecule has 0 saturated carbocycles. The molecule has 3 rings (SSSR count). The maximum atomic E-state index is 5.55. The lowest BCUT2D eigenvalue weighted by atomic mass is 10.2. The van der Waals surface area contributed by atoms with Crippen molar-refractivity contribution in [1.29, 1.82) is 0 Å². The first-order valence-electron chi connectivity index (χ1n) is 6.91. The van der Waals surface area contributed by atoms with E-state index >= 15 is 0 Å². The van der Waals surface area contributed by atoms with Gasteiger partial charge in [0.05, 0.1) is 5.39 Å². The van der Waals surface area contributed by atoms with E-state index in [-0.39, 0.29) is 0 Å². The van der Waals surface area contributed by atoms with Gasteiger partial charge in [0, 0.05) is 29.5 Å². The van der Waals surface area contributed by atoms with E-state index in [9.17, 15) is 0 Å². The molecule has 3 aromatic heterocycles. The van der Waals surface area contributed by atoms with Crippen molar-refractivity contribution >= 4 is 38.7 Å². The topological polar surface area (TPSA) is 47.0 Å². The highest BCUT2D eigenvalue weighted by atomic mass is 32.1. The number of rotatable bonds is 6. The van der Waals surface area contributed by atoms with Crippen LogP contribution in [0.5, 0.6) is 0 Å². The zero-order chi connectivity index (χ0) is 14.7. The van der Waals surface area contributed by atoms with Gasteiger partial charge < -0.3 is 10.1 Å². The van der Waals surface area contributed by atoms with E-state index in [1.165, 1.54) is 10.4 Å². The molecule has 0 aliphatic rings. The summed E-state index contributed by atoms with van der Waals surface area (Å²) in [5, 5.41) is 8.54. The molecule has 6 heteroatoms. The summed E-state index contributed by atoms with van der Waals surface area (Å²) in [5.74, 6) is 1.61. The van der Waals surface area contributed by atoms with Gasteiger partial charge in [-0.2, -0.15) is 0 Å². The van der Waals surface area contributed by atoms with E-state index in [0.717, 1.165) is 34.9 Å². The van der Waals surface area contributed by atoms with Crippen molar-refractivity contribution in [2.75, 3.05) is 19.0 Å². The number of anilines is 1. The monoisotopic (exact) mass is 319 g/mol. The fourth-order valence-electron chi connectivity index (χ4n) is 2.15. The average molecular weight is 319 g/mol. The van der Waals surface area contributed by atoms with Gasteiger partial charge in [0.25, 0.3) is 0 Å². The van der Waals surface area contributed by atoms with Crippen molar-refractivity contribution in [3.8, 4) is 10.4 Å². The highest BCUT2D eigenvalue weighted by Crippen LogP contribution is 2.38. The maximum absolute atomic E-state index is 5.55. The molecular formula is C15H17N3OS2. The van der Waals surface area contributed by atoms with Gasteiger partial charge in [-0.25, -0.2) is 9.97 Å². The number of fused-ring (bicyclic) bond motifs is 1. The molecule has 0 aromatic carbocycles. The quantitative estimate of drug-likeness (QED) is 0.685. The molecule has 1 N–H and O–H groups in total. The lowest BCUT2D eigenvalue weighted by Gasteiger charge is -2.07. The fourth-order valence-corrected chi connectivity index (χ4v) is 3.93. The molecule has 0 unspecified atom stereocenters. The summed E-state index contributed by atoms with van der Waals surface area (Å²) >= 11 is 3.39. The lowest BCUT2D eigenvalue weighted by molar-refractivity contribution is 0.116. The number of hydrogen-bond acceptors (Lipinski definition) is 6. The van der Waals surface area contributed by atoms with Crippen molar-refractivity contribution in [3.63, 3.8) is 0 Å². The summed E-state index contributed by atoms with van der Waals surface area (Å²) in [6.07, 6.45) is 1.00. The Balaban J connectivity index is 2.02. The predicted molar refractivity (Wildman–Crippen MR) is 90.2 cm³/mol. The predicted octanol–water partition coefficient (Wildman–Crippen LogP) is 4.39. The van der Waals surface area contributed by atoms with Crippen molar-refractivity contribution in [2.45, 2.75) is 20.0 Å². The molecule has 4 nitrogen and oxygen atoms in total. The Morgan fingerprint density at radius 1 is 1.29 bits per heavy atom. The molecule has 0 atom stereocenters. The third-order valence-electron chi connectivity index (χ3n) is 3.08. The molecular weight excluding hydrogens is 302 g/mol. The van der Waals surface area contributed by atoms with Gasteiger partial charge in [0.2, 0.25) is 0 Å². The summed E-state index contributed by atoms with van der Waals surface area (Å²) in [4.78, 5) is 11.5. The first-order valence-corrected chi connectivity index (χ1v) is 8.67. The smallest absolute Gasteiger partial charge is 0.158 e. The minimum Gasteiger partial charge on any atom is -0.373 e. The van der Waals surface area contributed by atoms with E-state index in [4.69, 9.17) is 4.74 Å². The van der Waals surface area contributed by atoms with Gasteiger partial charge in [-0.15, -0.1) is 22.7 Å². The van der Waals surface area contributed by atoms with E-state index in [1.54, 1.807) is 22.7 Å². The molecule has 0 bridgehead atoms. The average Bonchev–Trinajstić information content (AvgIpc) is 3.15. The molecule has 3 aromatic rings. The lowest BCUT2D eigenvalue weighted by Crippen LogP contribution is -2.03. The molecule has 110 valence electrons. The van der Waals surface area contributed by atoms with Crippen LogP contribution in [0.2, 0.25) is 0 Å². The molecule has 0 aliphatic carbocycles. The molecule has 0 aliphatic heterocycles. The normalized spacial score (nSPS) is 11.1. The molecule has 0 fully saturated rings. The van der Waals surface area contributed by atoms with Gasteiger partial charge in [-0.3, -0.25) is 0 Å². The third-order valence-corrected chi connectivity index (χ3v) is 4.86. The molecule has 0 amide bonds. The van der Waals surface area contributed by atoms with Crippen LogP contribution in [0.4, 0.5) is 5.82 Å². The summed E-state index contributed by atoms with van der Waals surface area (Å²) in [6, 6.07) is 4.19. The number of nitrogens with one attached hydrogen (secondary N) is 1. The van der Waals surface area contributed by atoms with E-state index in [0.29, 0.717) is 6.61 Å². The standard InChI is InChI=1S/C15H17N3OS2/c1-3-6-19-8-12-17-14(16-2)13-10(9-21-15(13)18-12)11-5-4-7-20-11/h4-5,7,9H,3,6,8H2,1-2H3,(H,16,17,18). The number of aromatic nitrogens is 2. The Hall–Kier alpha value is -1.50. The van der Waals surface area contributed by atoms with Gasteiger partial charge >= 0.3 is 0 Å². The van der Waals surface area contributed by atoms with Crippen LogP contribution in [0, 0.1) is 0 Å². The number of nitrogens with zero attached hydrogens (tertiary/aromatic N) is 2. The molecule has 0 spiro atoms. The summed E-state index contributed by atoms with van der Waals surface area (Å²) in [7, 11) is 1.90. The third kappa shape index (κ3) is 2.92. The van der Waals surface area contributed by atoms with Gasteiger partial charge in [0.1, 0.15) is 17.3 Å². The van der Waals surface area contributed by atoms with Crippen LogP contribution in [-0.4, -0.2) is 23.6 Å². The molecule has 0 saturated heterocycles. The molecule has 0 radical (unpaired) electrons. The Morgan fingerprint density at radius 2 is 2.19 bits per heavy atom. The van der Waals surface area contributed by atoms with Crippen LogP contribution in [0.15, 0.2) is 22.9 Å². The summed E-state index contributed by atoms with van der Waals surface area (Å²) in [5.41, 5.74) is 1.20. The van der Waals surface area contributed by atoms with Gasteiger partial charge in [0.15, 0.2) is 5.82 Å². The van der Waals surface area contributed by atoms with Crippen molar-refractivity contribution in [2.24, 2.45) is 0 Å². The van der Waals surface area contributed by atoms with Crippen LogP contribution in [-0.2, 0) is 11.3 Å². The maximum Gasteiger partial charge on any atom is 0.158 e. The van der Waals surface area contributed by atoms with Crippen molar-refractivity contribution < 1.29 is 4.74 Å². The Morgan fingerprint density at radius 3 is 2.90 bits per heavy atom. The summed E-state index contributed by atoms with van der Waals surface area (Å²) in [6.45, 7) is 3.29. The minimum atomic E-state index is 0.463. The van der Waals surface area contributed by atoms with Crippen molar-refractivity contribution in [1.82, 2.24) is 9.97 Å². The zero-order valence-electron chi connectivity index (χ0n) is 12.0. The first-order chi connectivity index (χ1) is 10.3. The Bertz CT molecular complexity index is 722. The number of thiophene rings is 2. The summed E-state index contributed by atoms with van der Waals surface area (Å²) < 4.78 is 5.55. The molecule has 3 heterocycles. The second kappa shape index (κ2) is 6.51. The van der Waals surface area contributed by atoms with Crippen LogP contribution < -0.4 is 5.32 Å². The number of ether oxygens (including phenoxy) is 1. The zero-order valence-corrected chi connectivity index (χ0v) is 13.7. The van der Waals surface area contributed by atoms with Crippen molar-refractivity contribution in [3.05, 3.63) is 28.7 Å². The van der Waals surface area contributed by atoms with E-state index in [2.05, 4.69) is 45.1 Å². The second-order valence-electron chi connectivity index (χ2n) is 4.60. The van der Waals surface area contributed by atoms with E-state index < -0.39 is 0 Å². The Labute approximate surface area is 131 Å². The minimum absolute atomic E-state index is 0.463. The highest BCUT2D eigenvalue weighted by molar-refractivity contribution is 7.18. The van der Waals surface area contributed by atoms with Crippen LogP contribution in [0.25, 0.3) is 20.7 Å². The SMILES string of the molecule is CCCOCc1nc(NC)c2c(-c3cccs3)csc2n1. The van der Waals surface area contributed by atoms with E-state index in [1.807, 2.05) is 7.05 Å². The van der Waals surface area contributed by atoms with Crippen LogP contribution >= 0.6 is 22.7 Å². The highest BCUT2D eigenvalue weighted by Gasteiger charge is 2.15. The molecule has 21 heavy (non-hydrogen) atoms. The van der Waals surface area contributed by atoms with Gasteiger partial charge in [-0.05, 0) is 17.9 Å². The number of hydrogen-bond donors (Lipinski definition) is 1.